The highest BCUT2D eigenvalue weighted by atomic mass is 16.6. The van der Waals surface area contributed by atoms with E-state index < -0.39 is 0 Å². The average Bonchev–Trinajstić information content (AvgIpc) is 2.86. The van der Waals surface area contributed by atoms with Crippen molar-refractivity contribution in [2.75, 3.05) is 23.8 Å². The number of rotatable bonds is 6. The van der Waals surface area contributed by atoms with Crippen LogP contribution >= 0.6 is 0 Å². The van der Waals surface area contributed by atoms with E-state index in [4.69, 9.17) is 0 Å². The normalized spacial score (nSPS) is 21.7. The Morgan fingerprint density at radius 1 is 1.35 bits per heavy atom. The molecule has 1 saturated carbocycles. The predicted octanol–water partition coefficient (Wildman–Crippen LogP) is 2.60. The van der Waals surface area contributed by atoms with Gasteiger partial charge in [0.25, 0.3) is 5.69 Å². The molecule has 2 unspecified atom stereocenters. The SMILES string of the molecule is CCNc1cc(NC2CCCC2CO)cc([N+](=O)[O-])c1. The number of hydrogen-bond donors (Lipinski definition) is 3. The Kier molecular flexibility index (Phi) is 4.79. The second kappa shape index (κ2) is 6.56. The fourth-order valence-corrected chi connectivity index (χ4v) is 2.77. The van der Waals surface area contributed by atoms with Gasteiger partial charge in [-0.15, -0.1) is 0 Å². The third kappa shape index (κ3) is 3.39. The van der Waals surface area contributed by atoms with Crippen molar-refractivity contribution in [3.05, 3.63) is 28.3 Å². The highest BCUT2D eigenvalue weighted by Crippen LogP contribution is 2.31. The summed E-state index contributed by atoms with van der Waals surface area (Å²) < 4.78 is 0. The highest BCUT2D eigenvalue weighted by molar-refractivity contribution is 5.63. The molecular formula is C14H21N3O3. The molecule has 0 spiro atoms. The van der Waals surface area contributed by atoms with Crippen LogP contribution < -0.4 is 10.6 Å². The molecule has 0 bridgehead atoms. The monoisotopic (exact) mass is 279 g/mol. The Hall–Kier alpha value is -1.82. The van der Waals surface area contributed by atoms with Crippen LogP contribution in [-0.2, 0) is 0 Å². The first-order valence-corrected chi connectivity index (χ1v) is 7.04. The van der Waals surface area contributed by atoms with Gasteiger partial charge in [-0.25, -0.2) is 0 Å². The molecule has 1 fully saturated rings. The Balaban J connectivity index is 2.19. The minimum absolute atomic E-state index is 0.0736. The Bertz CT molecular complexity index is 479. The second-order valence-electron chi connectivity index (χ2n) is 5.18. The van der Waals surface area contributed by atoms with Crippen LogP contribution in [-0.4, -0.2) is 29.2 Å². The van der Waals surface area contributed by atoms with Gasteiger partial charge < -0.3 is 15.7 Å². The molecule has 20 heavy (non-hydrogen) atoms. The number of anilines is 2. The molecule has 110 valence electrons. The number of nitrogens with one attached hydrogen (secondary N) is 2. The van der Waals surface area contributed by atoms with Gasteiger partial charge in [0.2, 0.25) is 0 Å². The number of nitro benzene ring substituents is 1. The zero-order chi connectivity index (χ0) is 14.5. The minimum Gasteiger partial charge on any atom is -0.396 e. The summed E-state index contributed by atoms with van der Waals surface area (Å²) in [7, 11) is 0. The van der Waals surface area contributed by atoms with E-state index >= 15 is 0 Å². The van der Waals surface area contributed by atoms with Crippen LogP contribution in [0.1, 0.15) is 26.2 Å². The summed E-state index contributed by atoms with van der Waals surface area (Å²) in [6.07, 6.45) is 3.07. The van der Waals surface area contributed by atoms with Crippen molar-refractivity contribution in [1.82, 2.24) is 0 Å². The van der Waals surface area contributed by atoms with E-state index in [0.29, 0.717) is 6.54 Å². The van der Waals surface area contributed by atoms with Crippen LogP contribution in [0, 0.1) is 16.0 Å². The topological polar surface area (TPSA) is 87.4 Å². The van der Waals surface area contributed by atoms with E-state index in [9.17, 15) is 15.2 Å². The van der Waals surface area contributed by atoms with Gasteiger partial charge in [0, 0.05) is 48.6 Å². The first-order valence-electron chi connectivity index (χ1n) is 7.04. The van der Waals surface area contributed by atoms with Gasteiger partial charge >= 0.3 is 0 Å². The van der Waals surface area contributed by atoms with E-state index in [-0.39, 0.29) is 29.2 Å². The number of benzene rings is 1. The van der Waals surface area contributed by atoms with Crippen molar-refractivity contribution < 1.29 is 10.0 Å². The fraction of sp³-hybridized carbons (Fsp3) is 0.571. The molecule has 1 aliphatic carbocycles. The van der Waals surface area contributed by atoms with E-state index in [1.807, 2.05) is 13.0 Å². The van der Waals surface area contributed by atoms with Gasteiger partial charge in [-0.2, -0.15) is 0 Å². The number of nitrogens with zero attached hydrogens (tertiary/aromatic N) is 1. The maximum absolute atomic E-state index is 11.0. The lowest BCUT2D eigenvalue weighted by atomic mass is 10.0. The molecule has 3 N–H and O–H groups in total. The molecule has 0 amide bonds. The average molecular weight is 279 g/mol. The van der Waals surface area contributed by atoms with Crippen LogP contribution in [0.25, 0.3) is 0 Å². The van der Waals surface area contributed by atoms with Gasteiger partial charge in [0.15, 0.2) is 0 Å². The van der Waals surface area contributed by atoms with Crippen LogP contribution in [0.4, 0.5) is 17.1 Å². The van der Waals surface area contributed by atoms with Crippen molar-refractivity contribution in [2.24, 2.45) is 5.92 Å². The molecule has 0 radical (unpaired) electrons. The van der Waals surface area contributed by atoms with Crippen LogP contribution in [0.3, 0.4) is 0 Å². The number of hydrogen-bond acceptors (Lipinski definition) is 5. The number of nitro groups is 1. The largest absolute Gasteiger partial charge is 0.396 e. The maximum Gasteiger partial charge on any atom is 0.273 e. The lowest BCUT2D eigenvalue weighted by Crippen LogP contribution is -2.26. The molecule has 6 nitrogen and oxygen atoms in total. The van der Waals surface area contributed by atoms with Crippen LogP contribution in [0.5, 0.6) is 0 Å². The van der Waals surface area contributed by atoms with Crippen molar-refractivity contribution >= 4 is 17.1 Å². The lowest BCUT2D eigenvalue weighted by molar-refractivity contribution is -0.384. The molecule has 0 aromatic heterocycles. The molecule has 2 atom stereocenters. The number of aliphatic hydroxyl groups is 1. The smallest absolute Gasteiger partial charge is 0.273 e. The summed E-state index contributed by atoms with van der Waals surface area (Å²) in [4.78, 5) is 10.6. The molecule has 0 saturated heterocycles. The molecule has 1 aromatic carbocycles. The zero-order valence-corrected chi connectivity index (χ0v) is 11.6. The van der Waals surface area contributed by atoms with Crippen LogP contribution in [0.2, 0.25) is 0 Å². The van der Waals surface area contributed by atoms with Gasteiger partial charge in [-0.1, -0.05) is 6.42 Å². The van der Waals surface area contributed by atoms with E-state index in [1.165, 1.54) is 6.07 Å². The summed E-state index contributed by atoms with van der Waals surface area (Å²) in [5, 5.41) is 26.7. The lowest BCUT2D eigenvalue weighted by Gasteiger charge is -2.20. The molecule has 0 heterocycles. The summed E-state index contributed by atoms with van der Waals surface area (Å²) in [5.41, 5.74) is 1.55. The molecule has 0 aliphatic heterocycles. The third-order valence-corrected chi connectivity index (χ3v) is 3.76. The second-order valence-corrected chi connectivity index (χ2v) is 5.18. The molecule has 1 aliphatic rings. The van der Waals surface area contributed by atoms with Crippen molar-refractivity contribution in [2.45, 2.75) is 32.2 Å². The highest BCUT2D eigenvalue weighted by Gasteiger charge is 2.26. The predicted molar refractivity (Wildman–Crippen MR) is 79.1 cm³/mol. The standard InChI is InChI=1S/C14H21N3O3/c1-2-15-11-6-12(8-13(7-11)17(19)20)16-14-5-3-4-10(14)9-18/h6-8,10,14-16,18H,2-5,9H2,1H3. The Labute approximate surface area is 118 Å². The first kappa shape index (κ1) is 14.6. The molecule has 2 rings (SSSR count). The summed E-state index contributed by atoms with van der Waals surface area (Å²) in [6, 6.07) is 5.15. The zero-order valence-electron chi connectivity index (χ0n) is 11.6. The molecule has 1 aromatic rings. The summed E-state index contributed by atoms with van der Waals surface area (Å²) in [5.74, 6) is 0.233. The van der Waals surface area contributed by atoms with Crippen molar-refractivity contribution in [1.29, 1.82) is 0 Å². The van der Waals surface area contributed by atoms with E-state index in [0.717, 1.165) is 30.6 Å². The Morgan fingerprint density at radius 2 is 2.10 bits per heavy atom. The van der Waals surface area contributed by atoms with Gasteiger partial charge in [0.1, 0.15) is 0 Å². The quantitative estimate of drug-likeness (QED) is 0.550. The van der Waals surface area contributed by atoms with Gasteiger partial charge in [-0.05, 0) is 25.8 Å². The number of aliphatic hydroxyl groups excluding tert-OH is 1. The van der Waals surface area contributed by atoms with E-state index in [1.54, 1.807) is 6.07 Å². The van der Waals surface area contributed by atoms with Crippen LogP contribution in [0.15, 0.2) is 18.2 Å². The van der Waals surface area contributed by atoms with Crippen molar-refractivity contribution in [3.8, 4) is 0 Å². The summed E-state index contributed by atoms with van der Waals surface area (Å²) >= 11 is 0. The molecule has 6 heteroatoms. The minimum atomic E-state index is -0.385. The van der Waals surface area contributed by atoms with Gasteiger partial charge in [-0.3, -0.25) is 10.1 Å². The van der Waals surface area contributed by atoms with Crippen molar-refractivity contribution in [3.63, 3.8) is 0 Å². The van der Waals surface area contributed by atoms with E-state index in [2.05, 4.69) is 10.6 Å². The van der Waals surface area contributed by atoms with Gasteiger partial charge in [0.05, 0.1) is 4.92 Å². The summed E-state index contributed by atoms with van der Waals surface area (Å²) in [6.45, 7) is 2.82. The first-order chi connectivity index (χ1) is 9.63. The number of non-ortho nitro benzene ring substituents is 1. The fourth-order valence-electron chi connectivity index (χ4n) is 2.77. The Morgan fingerprint density at radius 3 is 2.75 bits per heavy atom. The molecular weight excluding hydrogens is 258 g/mol. The third-order valence-electron chi connectivity index (χ3n) is 3.76. The maximum atomic E-state index is 11.0.